The van der Waals surface area contributed by atoms with E-state index in [1.54, 1.807) is 17.5 Å². The number of carbonyl (C=O) groups is 2. The fraction of sp³-hybridized carbons (Fsp3) is 0.143. The second-order valence-electron chi connectivity index (χ2n) is 4.41. The fourth-order valence-electron chi connectivity index (χ4n) is 1.59. The first-order valence-corrected chi connectivity index (χ1v) is 8.64. The maximum Gasteiger partial charge on any atom is 0.417 e. The van der Waals surface area contributed by atoms with E-state index in [0.717, 1.165) is 23.9 Å². The zero-order chi connectivity index (χ0) is 17.7. The molecule has 1 aromatic heterocycles. The largest absolute Gasteiger partial charge is 0.417 e. The van der Waals surface area contributed by atoms with E-state index in [4.69, 9.17) is 11.6 Å². The van der Waals surface area contributed by atoms with Crippen LogP contribution in [0.4, 0.5) is 13.2 Å². The molecular formula is C14H10ClF3N2O2S2. The molecule has 0 bridgehead atoms. The Hall–Kier alpha value is -1.71. The zero-order valence-corrected chi connectivity index (χ0v) is 14.2. The number of hydrogen-bond acceptors (Lipinski definition) is 4. The van der Waals surface area contributed by atoms with Crippen LogP contribution in [0.15, 0.2) is 40.6 Å². The van der Waals surface area contributed by atoms with Crippen molar-refractivity contribution in [1.82, 2.24) is 10.9 Å². The molecule has 0 aliphatic rings. The number of thioether (sulfide) groups is 1. The summed E-state index contributed by atoms with van der Waals surface area (Å²) in [4.78, 5) is 23.9. The first kappa shape index (κ1) is 18.6. The lowest BCUT2D eigenvalue weighted by Crippen LogP contribution is -2.42. The lowest BCUT2D eigenvalue weighted by Gasteiger charge is -2.11. The Balaban J connectivity index is 1.87. The van der Waals surface area contributed by atoms with Crippen LogP contribution in [0.2, 0.25) is 5.02 Å². The summed E-state index contributed by atoms with van der Waals surface area (Å²) in [6.45, 7) is 0. The topological polar surface area (TPSA) is 58.2 Å². The molecule has 0 radical (unpaired) electrons. The van der Waals surface area contributed by atoms with Crippen molar-refractivity contribution < 1.29 is 22.8 Å². The number of halogens is 4. The van der Waals surface area contributed by atoms with E-state index in [2.05, 4.69) is 10.9 Å². The molecule has 2 amide bonds. The van der Waals surface area contributed by atoms with Gasteiger partial charge in [0.25, 0.3) is 5.91 Å². The highest BCUT2D eigenvalue weighted by molar-refractivity contribution is 8.00. The molecule has 24 heavy (non-hydrogen) atoms. The van der Waals surface area contributed by atoms with Gasteiger partial charge in [-0.3, -0.25) is 20.4 Å². The van der Waals surface area contributed by atoms with Crippen LogP contribution in [-0.4, -0.2) is 17.6 Å². The molecule has 0 saturated heterocycles. The van der Waals surface area contributed by atoms with Gasteiger partial charge in [-0.1, -0.05) is 17.7 Å². The van der Waals surface area contributed by atoms with Crippen LogP contribution in [0.1, 0.15) is 15.2 Å². The van der Waals surface area contributed by atoms with Gasteiger partial charge < -0.3 is 0 Å². The third-order valence-electron chi connectivity index (χ3n) is 2.67. The van der Waals surface area contributed by atoms with E-state index in [9.17, 15) is 22.8 Å². The number of benzene rings is 1. The van der Waals surface area contributed by atoms with E-state index in [-0.39, 0.29) is 10.6 Å². The van der Waals surface area contributed by atoms with Crippen molar-refractivity contribution in [2.45, 2.75) is 11.1 Å². The number of nitrogens with one attached hydrogen (secondary N) is 2. The van der Waals surface area contributed by atoms with Gasteiger partial charge in [0, 0.05) is 4.90 Å². The zero-order valence-electron chi connectivity index (χ0n) is 11.8. The summed E-state index contributed by atoms with van der Waals surface area (Å²) in [6.07, 6.45) is -4.56. The predicted octanol–water partition coefficient (Wildman–Crippen LogP) is 3.97. The third-order valence-corrected chi connectivity index (χ3v) is 4.87. The number of hydrazine groups is 1. The number of hydrogen-bond donors (Lipinski definition) is 2. The first-order chi connectivity index (χ1) is 11.3. The van der Waals surface area contributed by atoms with Crippen molar-refractivity contribution in [2.75, 3.05) is 5.75 Å². The molecule has 2 rings (SSSR count). The van der Waals surface area contributed by atoms with Crippen LogP contribution in [0.25, 0.3) is 0 Å². The average Bonchev–Trinajstić information content (AvgIpc) is 3.05. The van der Waals surface area contributed by atoms with Gasteiger partial charge in [0.05, 0.1) is 21.2 Å². The summed E-state index contributed by atoms with van der Waals surface area (Å²) < 4.78 is 38.3. The second kappa shape index (κ2) is 7.91. The Kier molecular flexibility index (Phi) is 6.14. The number of carbonyl (C=O) groups excluding carboxylic acids is 2. The molecule has 10 heteroatoms. The molecule has 0 aliphatic carbocycles. The standard InChI is InChI=1S/C14H10ClF3N2O2S2/c15-10-4-3-8(6-9(10)14(16,17)18)24-7-12(21)19-20-13(22)11-2-1-5-23-11/h1-6H,7H2,(H,19,21)(H,20,22). The summed E-state index contributed by atoms with van der Waals surface area (Å²) in [5, 5.41) is 1.31. The quantitative estimate of drug-likeness (QED) is 0.609. The Labute approximate surface area is 148 Å². The van der Waals surface area contributed by atoms with Crippen LogP contribution >= 0.6 is 34.7 Å². The molecule has 0 unspecified atom stereocenters. The van der Waals surface area contributed by atoms with Crippen LogP contribution < -0.4 is 10.9 Å². The maximum absolute atomic E-state index is 12.8. The van der Waals surface area contributed by atoms with E-state index in [1.807, 2.05) is 0 Å². The monoisotopic (exact) mass is 394 g/mol. The summed E-state index contributed by atoms with van der Waals surface area (Å²) >= 11 is 7.63. The molecule has 2 N–H and O–H groups in total. The van der Waals surface area contributed by atoms with E-state index in [0.29, 0.717) is 4.88 Å². The minimum absolute atomic E-state index is 0.163. The summed E-state index contributed by atoms with van der Waals surface area (Å²) in [5.41, 5.74) is 3.46. The van der Waals surface area contributed by atoms with Crippen molar-refractivity contribution in [1.29, 1.82) is 0 Å². The van der Waals surface area contributed by atoms with Crippen LogP contribution in [0.5, 0.6) is 0 Å². The average molecular weight is 395 g/mol. The molecule has 0 fully saturated rings. The highest BCUT2D eigenvalue weighted by Crippen LogP contribution is 2.36. The van der Waals surface area contributed by atoms with Crippen LogP contribution in [0, 0.1) is 0 Å². The lowest BCUT2D eigenvalue weighted by molar-refractivity contribution is -0.137. The molecule has 4 nitrogen and oxygen atoms in total. The minimum Gasteiger partial charge on any atom is -0.272 e. The molecule has 0 atom stereocenters. The van der Waals surface area contributed by atoms with Crippen LogP contribution in [0.3, 0.4) is 0 Å². The molecule has 0 saturated carbocycles. The normalized spacial score (nSPS) is 11.2. The minimum atomic E-state index is -4.56. The molecule has 2 aromatic rings. The Morgan fingerprint density at radius 2 is 1.96 bits per heavy atom. The predicted molar refractivity (Wildman–Crippen MR) is 87.1 cm³/mol. The van der Waals surface area contributed by atoms with Gasteiger partial charge in [-0.25, -0.2) is 0 Å². The van der Waals surface area contributed by atoms with Gasteiger partial charge in [-0.15, -0.1) is 23.1 Å². The second-order valence-corrected chi connectivity index (χ2v) is 6.81. The number of alkyl halides is 3. The van der Waals surface area contributed by atoms with E-state index in [1.165, 1.54) is 17.4 Å². The van der Waals surface area contributed by atoms with Crippen molar-refractivity contribution >= 4 is 46.5 Å². The highest BCUT2D eigenvalue weighted by atomic mass is 35.5. The highest BCUT2D eigenvalue weighted by Gasteiger charge is 2.33. The molecule has 1 heterocycles. The van der Waals surface area contributed by atoms with Crippen molar-refractivity contribution in [3.8, 4) is 0 Å². The summed E-state index contributed by atoms with van der Waals surface area (Å²) in [7, 11) is 0. The summed E-state index contributed by atoms with van der Waals surface area (Å²) in [5.74, 6) is -1.17. The van der Waals surface area contributed by atoms with Gasteiger partial charge in [0.15, 0.2) is 0 Å². The van der Waals surface area contributed by atoms with Gasteiger partial charge >= 0.3 is 6.18 Å². The van der Waals surface area contributed by atoms with Gasteiger partial charge in [-0.05, 0) is 29.6 Å². The molecule has 128 valence electrons. The van der Waals surface area contributed by atoms with Crippen molar-refractivity contribution in [3.63, 3.8) is 0 Å². The SMILES string of the molecule is O=C(CSc1ccc(Cl)c(C(F)(F)F)c1)NNC(=O)c1cccs1. The van der Waals surface area contributed by atoms with E-state index >= 15 is 0 Å². The van der Waals surface area contributed by atoms with Gasteiger partial charge in [0.1, 0.15) is 0 Å². The number of thiophene rings is 1. The molecular weight excluding hydrogens is 385 g/mol. The first-order valence-electron chi connectivity index (χ1n) is 6.39. The molecule has 0 spiro atoms. The molecule has 0 aliphatic heterocycles. The Morgan fingerprint density at radius 3 is 2.58 bits per heavy atom. The Bertz CT molecular complexity index is 736. The van der Waals surface area contributed by atoms with Gasteiger partial charge in [-0.2, -0.15) is 13.2 Å². The maximum atomic E-state index is 12.8. The van der Waals surface area contributed by atoms with Crippen LogP contribution in [-0.2, 0) is 11.0 Å². The number of amides is 2. The number of rotatable bonds is 4. The fourth-order valence-corrected chi connectivity index (χ4v) is 3.17. The van der Waals surface area contributed by atoms with E-state index < -0.39 is 28.6 Å². The van der Waals surface area contributed by atoms with Crippen molar-refractivity contribution in [2.24, 2.45) is 0 Å². The summed E-state index contributed by atoms with van der Waals surface area (Å²) in [6, 6.07) is 6.68. The smallest absolute Gasteiger partial charge is 0.272 e. The third kappa shape index (κ3) is 5.15. The Morgan fingerprint density at radius 1 is 1.21 bits per heavy atom. The van der Waals surface area contributed by atoms with Crippen molar-refractivity contribution in [3.05, 3.63) is 51.2 Å². The molecule has 1 aromatic carbocycles. The van der Waals surface area contributed by atoms with Gasteiger partial charge in [0.2, 0.25) is 5.91 Å². The lowest BCUT2D eigenvalue weighted by atomic mass is 10.2.